The Morgan fingerprint density at radius 2 is 2.14 bits per heavy atom. The molecule has 1 aromatic heterocycles. The van der Waals surface area contributed by atoms with Crippen LogP contribution in [0.1, 0.15) is 5.82 Å². The molecule has 1 heterocycles. The zero-order valence-corrected chi connectivity index (χ0v) is 7.66. The molecule has 0 unspecified atom stereocenters. The van der Waals surface area contributed by atoms with Crippen molar-refractivity contribution in [1.29, 1.82) is 0 Å². The van der Waals surface area contributed by atoms with Crippen molar-refractivity contribution in [2.45, 2.75) is 6.42 Å². The number of rotatable bonds is 2. The molecule has 0 saturated heterocycles. The number of nitrogens with two attached hydrogens (primary N) is 1. The Labute approximate surface area is 80.8 Å². The molecule has 0 fully saturated rings. The summed E-state index contributed by atoms with van der Waals surface area (Å²) in [6, 6.07) is 7.26. The number of hydrogen-bond donors (Lipinski definition) is 2. The van der Waals surface area contributed by atoms with Crippen LogP contribution in [0.15, 0.2) is 29.1 Å². The largest absolute Gasteiger partial charge is 0.330 e. The highest BCUT2D eigenvalue weighted by molar-refractivity contribution is 5.77. The Balaban J connectivity index is 2.66. The monoisotopic (exact) mass is 189 g/mol. The number of nitrogens with zero attached hydrogens (tertiary/aromatic N) is 1. The van der Waals surface area contributed by atoms with Gasteiger partial charge in [0.15, 0.2) is 0 Å². The summed E-state index contributed by atoms with van der Waals surface area (Å²) < 4.78 is 0. The second kappa shape index (κ2) is 3.59. The highest BCUT2D eigenvalue weighted by Gasteiger charge is 2.01. The zero-order chi connectivity index (χ0) is 9.97. The molecule has 0 aliphatic carbocycles. The summed E-state index contributed by atoms with van der Waals surface area (Å²) in [5.74, 6) is 0.649. The molecule has 72 valence electrons. The maximum absolute atomic E-state index is 11.5. The van der Waals surface area contributed by atoms with Gasteiger partial charge in [-0.3, -0.25) is 4.79 Å². The van der Waals surface area contributed by atoms with Crippen LogP contribution in [-0.2, 0) is 6.42 Å². The van der Waals surface area contributed by atoms with Crippen molar-refractivity contribution in [3.8, 4) is 0 Å². The molecular formula is C10H11N3O. The molecule has 14 heavy (non-hydrogen) atoms. The van der Waals surface area contributed by atoms with Crippen LogP contribution in [-0.4, -0.2) is 16.5 Å². The number of fused-ring (bicyclic) bond motifs is 1. The lowest BCUT2D eigenvalue weighted by molar-refractivity contribution is 0.870. The Morgan fingerprint density at radius 3 is 2.93 bits per heavy atom. The molecule has 4 heteroatoms. The first-order valence-electron chi connectivity index (χ1n) is 4.49. The molecule has 0 atom stereocenters. The number of H-pyrrole nitrogens is 1. The van der Waals surface area contributed by atoms with E-state index in [2.05, 4.69) is 9.97 Å². The molecule has 0 saturated carbocycles. The molecule has 0 radical (unpaired) electrons. The van der Waals surface area contributed by atoms with Crippen molar-refractivity contribution in [2.75, 3.05) is 6.54 Å². The Bertz CT molecular complexity index is 504. The molecule has 0 aliphatic rings. The third-order valence-corrected chi connectivity index (χ3v) is 2.04. The predicted octanol–water partition coefficient (Wildman–Crippen LogP) is 0.424. The van der Waals surface area contributed by atoms with Crippen LogP contribution < -0.4 is 11.3 Å². The van der Waals surface area contributed by atoms with Crippen LogP contribution in [0.5, 0.6) is 0 Å². The average molecular weight is 189 g/mol. The van der Waals surface area contributed by atoms with Crippen LogP contribution in [0.25, 0.3) is 10.9 Å². The van der Waals surface area contributed by atoms with Crippen molar-refractivity contribution < 1.29 is 0 Å². The number of aromatic amines is 1. The minimum atomic E-state index is -0.0981. The standard InChI is InChI=1S/C10H11N3O/c11-6-5-9-12-8-4-2-1-3-7(8)10(14)13-9/h1-4H,5-6,11H2,(H,12,13,14). The fraction of sp³-hybridized carbons (Fsp3) is 0.200. The van der Waals surface area contributed by atoms with Gasteiger partial charge in [-0.2, -0.15) is 0 Å². The number of hydrogen-bond acceptors (Lipinski definition) is 3. The lowest BCUT2D eigenvalue weighted by atomic mass is 10.2. The fourth-order valence-electron chi connectivity index (χ4n) is 1.39. The summed E-state index contributed by atoms with van der Waals surface area (Å²) in [6.07, 6.45) is 0.597. The summed E-state index contributed by atoms with van der Waals surface area (Å²) in [5, 5.41) is 0.619. The molecule has 2 aromatic rings. The highest BCUT2D eigenvalue weighted by atomic mass is 16.1. The van der Waals surface area contributed by atoms with Gasteiger partial charge in [0.25, 0.3) is 5.56 Å². The average Bonchev–Trinajstić information content (AvgIpc) is 2.18. The van der Waals surface area contributed by atoms with Crippen LogP contribution in [0, 0.1) is 0 Å². The quantitative estimate of drug-likeness (QED) is 0.719. The van der Waals surface area contributed by atoms with Gasteiger partial charge in [0.2, 0.25) is 0 Å². The van der Waals surface area contributed by atoms with Crippen LogP contribution in [0.2, 0.25) is 0 Å². The van der Waals surface area contributed by atoms with Gasteiger partial charge in [0, 0.05) is 6.42 Å². The first-order valence-corrected chi connectivity index (χ1v) is 4.49. The second-order valence-electron chi connectivity index (χ2n) is 3.07. The van der Waals surface area contributed by atoms with Gasteiger partial charge in [0.05, 0.1) is 10.9 Å². The molecule has 2 rings (SSSR count). The van der Waals surface area contributed by atoms with Gasteiger partial charge in [-0.1, -0.05) is 12.1 Å². The fourth-order valence-corrected chi connectivity index (χ4v) is 1.39. The Kier molecular flexibility index (Phi) is 2.28. The molecule has 0 bridgehead atoms. The normalized spacial score (nSPS) is 10.6. The van der Waals surface area contributed by atoms with E-state index in [4.69, 9.17) is 5.73 Å². The van der Waals surface area contributed by atoms with Gasteiger partial charge in [-0.25, -0.2) is 4.98 Å². The lowest BCUT2D eigenvalue weighted by Gasteiger charge is -2.00. The maximum Gasteiger partial charge on any atom is 0.258 e. The summed E-state index contributed by atoms with van der Waals surface area (Å²) in [7, 11) is 0. The third-order valence-electron chi connectivity index (χ3n) is 2.04. The third kappa shape index (κ3) is 1.52. The van der Waals surface area contributed by atoms with Gasteiger partial charge in [0.1, 0.15) is 5.82 Å². The Hall–Kier alpha value is -1.68. The summed E-state index contributed by atoms with van der Waals surface area (Å²) >= 11 is 0. The number of benzene rings is 1. The number of aromatic nitrogens is 2. The van der Waals surface area contributed by atoms with Crippen molar-refractivity contribution >= 4 is 10.9 Å². The minimum Gasteiger partial charge on any atom is -0.330 e. The van der Waals surface area contributed by atoms with Gasteiger partial charge in [-0.15, -0.1) is 0 Å². The topological polar surface area (TPSA) is 71.8 Å². The van der Waals surface area contributed by atoms with Crippen molar-refractivity contribution in [3.63, 3.8) is 0 Å². The molecular weight excluding hydrogens is 178 g/mol. The summed E-state index contributed by atoms with van der Waals surface area (Å²) in [5.41, 5.74) is 6.02. The SMILES string of the molecule is NCCc1nc2ccccc2c(=O)[nH]1. The smallest absolute Gasteiger partial charge is 0.258 e. The Morgan fingerprint density at radius 1 is 1.36 bits per heavy atom. The van der Waals surface area contributed by atoms with E-state index in [9.17, 15) is 4.79 Å². The van der Waals surface area contributed by atoms with Gasteiger partial charge < -0.3 is 10.7 Å². The first kappa shape index (κ1) is 8.90. The van der Waals surface area contributed by atoms with E-state index in [-0.39, 0.29) is 5.56 Å². The second-order valence-corrected chi connectivity index (χ2v) is 3.07. The molecule has 0 spiro atoms. The summed E-state index contributed by atoms with van der Waals surface area (Å²) in [6.45, 7) is 0.487. The molecule has 3 N–H and O–H groups in total. The number of para-hydroxylation sites is 1. The van der Waals surface area contributed by atoms with Crippen LogP contribution in [0.4, 0.5) is 0 Å². The zero-order valence-electron chi connectivity index (χ0n) is 7.66. The number of nitrogens with one attached hydrogen (secondary N) is 1. The van der Waals surface area contributed by atoms with E-state index in [1.807, 2.05) is 18.2 Å². The van der Waals surface area contributed by atoms with Crippen molar-refractivity contribution in [3.05, 3.63) is 40.4 Å². The molecule has 1 aromatic carbocycles. The predicted molar refractivity (Wildman–Crippen MR) is 55.1 cm³/mol. The van der Waals surface area contributed by atoms with E-state index in [0.29, 0.717) is 24.2 Å². The van der Waals surface area contributed by atoms with E-state index in [0.717, 1.165) is 5.52 Å². The van der Waals surface area contributed by atoms with Crippen LogP contribution in [0.3, 0.4) is 0 Å². The van der Waals surface area contributed by atoms with Gasteiger partial charge in [-0.05, 0) is 18.7 Å². The van der Waals surface area contributed by atoms with E-state index >= 15 is 0 Å². The maximum atomic E-state index is 11.5. The molecule has 0 aliphatic heterocycles. The van der Waals surface area contributed by atoms with E-state index in [1.54, 1.807) is 6.07 Å². The van der Waals surface area contributed by atoms with Gasteiger partial charge >= 0.3 is 0 Å². The minimum absolute atomic E-state index is 0.0981. The van der Waals surface area contributed by atoms with Crippen molar-refractivity contribution in [1.82, 2.24) is 9.97 Å². The molecule has 0 amide bonds. The lowest BCUT2D eigenvalue weighted by Crippen LogP contribution is -2.14. The van der Waals surface area contributed by atoms with Crippen LogP contribution >= 0.6 is 0 Å². The highest BCUT2D eigenvalue weighted by Crippen LogP contribution is 2.05. The first-order chi connectivity index (χ1) is 6.81. The van der Waals surface area contributed by atoms with E-state index < -0.39 is 0 Å². The molecule has 4 nitrogen and oxygen atoms in total. The van der Waals surface area contributed by atoms with E-state index in [1.165, 1.54) is 0 Å². The summed E-state index contributed by atoms with van der Waals surface area (Å²) in [4.78, 5) is 18.5. The van der Waals surface area contributed by atoms with Crippen molar-refractivity contribution in [2.24, 2.45) is 5.73 Å².